The minimum Gasteiger partial charge on any atom is -0.475 e. The van der Waals surface area contributed by atoms with Crippen LogP contribution in [0, 0.1) is 0 Å². The zero-order valence-electron chi connectivity index (χ0n) is 14.6. The summed E-state index contributed by atoms with van der Waals surface area (Å²) in [5, 5.41) is 10.5. The first kappa shape index (κ1) is 21.3. The number of benzene rings is 1. The number of ether oxygens (including phenoxy) is 1. The number of alkyl halides is 3. The maximum absolute atomic E-state index is 10.6. The van der Waals surface area contributed by atoms with Crippen molar-refractivity contribution in [1.29, 1.82) is 0 Å². The smallest absolute Gasteiger partial charge is 0.475 e. The van der Waals surface area contributed by atoms with Gasteiger partial charge in [-0.1, -0.05) is 30.3 Å². The van der Waals surface area contributed by atoms with Gasteiger partial charge in [0.2, 0.25) is 0 Å². The third kappa shape index (κ3) is 8.06. The molecule has 3 rings (SSSR count). The van der Waals surface area contributed by atoms with E-state index in [4.69, 9.17) is 19.6 Å². The van der Waals surface area contributed by atoms with Gasteiger partial charge in [-0.15, -0.1) is 11.3 Å². The van der Waals surface area contributed by atoms with Crippen LogP contribution in [-0.2, 0) is 22.5 Å². The van der Waals surface area contributed by atoms with Crippen LogP contribution in [0.25, 0.3) is 0 Å². The molecule has 0 spiro atoms. The number of hydrogen-bond acceptors (Lipinski definition) is 5. The quantitative estimate of drug-likeness (QED) is 0.847. The lowest BCUT2D eigenvalue weighted by Gasteiger charge is -2.17. The van der Waals surface area contributed by atoms with Gasteiger partial charge in [-0.3, -0.25) is 4.90 Å². The van der Waals surface area contributed by atoms with Crippen molar-refractivity contribution in [1.82, 2.24) is 9.88 Å². The number of rotatable bonds is 4. The van der Waals surface area contributed by atoms with Gasteiger partial charge in [0.1, 0.15) is 0 Å². The summed E-state index contributed by atoms with van der Waals surface area (Å²) in [5.74, 6) is -2.76. The van der Waals surface area contributed by atoms with Crippen LogP contribution in [0.1, 0.15) is 22.7 Å². The van der Waals surface area contributed by atoms with Crippen LogP contribution >= 0.6 is 11.3 Å². The van der Waals surface area contributed by atoms with Crippen LogP contribution in [0.3, 0.4) is 0 Å². The Bertz CT molecular complexity index is 699. The summed E-state index contributed by atoms with van der Waals surface area (Å²) in [7, 11) is 0. The Morgan fingerprint density at radius 1 is 1.22 bits per heavy atom. The number of halogens is 3. The van der Waals surface area contributed by atoms with Crippen molar-refractivity contribution in [2.45, 2.75) is 25.6 Å². The second kappa shape index (κ2) is 10.4. The molecule has 1 aliphatic heterocycles. The van der Waals surface area contributed by atoms with Crippen LogP contribution < -0.4 is 0 Å². The van der Waals surface area contributed by atoms with Gasteiger partial charge in [-0.05, 0) is 12.0 Å². The third-order valence-corrected chi connectivity index (χ3v) is 4.64. The summed E-state index contributed by atoms with van der Waals surface area (Å²) in [5.41, 5.74) is 2.53. The van der Waals surface area contributed by atoms with Crippen molar-refractivity contribution >= 4 is 17.3 Å². The fourth-order valence-corrected chi connectivity index (χ4v) is 3.28. The molecule has 1 saturated heterocycles. The van der Waals surface area contributed by atoms with E-state index in [-0.39, 0.29) is 0 Å². The number of carboxylic acid groups (broad SMARTS) is 1. The zero-order chi connectivity index (χ0) is 19.7. The maximum atomic E-state index is 10.6. The Morgan fingerprint density at radius 2 is 1.93 bits per heavy atom. The standard InChI is InChI=1S/C16H20N2OS.C2HF3O2/c1-2-5-14(6-3-1)11-16-17-15(13-20-16)12-18-7-4-9-19-10-8-18;3-2(4,5)1(6)7/h1-3,5-6,13H,4,7-12H2;(H,6,7). The van der Waals surface area contributed by atoms with Gasteiger partial charge in [-0.25, -0.2) is 9.78 Å². The molecule has 0 amide bonds. The highest BCUT2D eigenvalue weighted by molar-refractivity contribution is 7.09. The molecule has 0 bridgehead atoms. The molecule has 2 heterocycles. The largest absolute Gasteiger partial charge is 0.490 e. The van der Waals surface area contributed by atoms with Gasteiger partial charge in [0.15, 0.2) is 0 Å². The maximum Gasteiger partial charge on any atom is 0.490 e. The fraction of sp³-hybridized carbons (Fsp3) is 0.444. The molecular weight excluding hydrogens is 381 g/mol. The lowest BCUT2D eigenvalue weighted by molar-refractivity contribution is -0.192. The van der Waals surface area contributed by atoms with Gasteiger partial charge >= 0.3 is 12.1 Å². The Labute approximate surface area is 159 Å². The Balaban J connectivity index is 0.000000321. The predicted molar refractivity (Wildman–Crippen MR) is 95.8 cm³/mol. The number of aliphatic carboxylic acids is 1. The summed E-state index contributed by atoms with van der Waals surface area (Å²) in [6, 6.07) is 10.5. The molecule has 1 N–H and O–H groups in total. The third-order valence-electron chi connectivity index (χ3n) is 3.74. The Morgan fingerprint density at radius 3 is 2.59 bits per heavy atom. The van der Waals surface area contributed by atoms with E-state index < -0.39 is 12.1 Å². The fourth-order valence-electron chi connectivity index (χ4n) is 2.46. The van der Waals surface area contributed by atoms with Crippen molar-refractivity contribution in [3.63, 3.8) is 0 Å². The molecule has 27 heavy (non-hydrogen) atoms. The predicted octanol–water partition coefficient (Wildman–Crippen LogP) is 3.59. The van der Waals surface area contributed by atoms with E-state index in [0.717, 1.165) is 45.7 Å². The number of carboxylic acids is 1. The summed E-state index contributed by atoms with van der Waals surface area (Å²) >= 11 is 1.77. The zero-order valence-corrected chi connectivity index (χ0v) is 15.4. The molecule has 5 nitrogen and oxygen atoms in total. The number of thiazole rings is 1. The second-order valence-electron chi connectivity index (χ2n) is 5.94. The average molecular weight is 402 g/mol. The van der Waals surface area contributed by atoms with Crippen molar-refractivity contribution in [3.05, 3.63) is 52.0 Å². The minimum absolute atomic E-state index is 0.848. The molecule has 9 heteroatoms. The van der Waals surface area contributed by atoms with Gasteiger partial charge in [0.25, 0.3) is 0 Å². The van der Waals surface area contributed by atoms with Crippen LogP contribution in [0.4, 0.5) is 13.2 Å². The normalized spacial score (nSPS) is 15.5. The van der Waals surface area contributed by atoms with Gasteiger partial charge in [0.05, 0.1) is 17.3 Å². The first-order valence-electron chi connectivity index (χ1n) is 8.42. The molecule has 2 aromatic rings. The van der Waals surface area contributed by atoms with E-state index in [2.05, 4.69) is 40.6 Å². The summed E-state index contributed by atoms with van der Waals surface area (Å²) in [6.07, 6.45) is -3.02. The molecular formula is C18H21F3N2O3S. The molecule has 1 aliphatic rings. The highest BCUT2D eigenvalue weighted by atomic mass is 32.1. The van der Waals surface area contributed by atoms with Gasteiger partial charge in [0, 0.05) is 38.0 Å². The summed E-state index contributed by atoms with van der Waals surface area (Å²) in [4.78, 5) is 16.1. The highest BCUT2D eigenvalue weighted by Crippen LogP contribution is 2.16. The molecule has 0 aliphatic carbocycles. The Kier molecular flexibility index (Phi) is 8.21. The summed E-state index contributed by atoms with van der Waals surface area (Å²) < 4.78 is 37.2. The van der Waals surface area contributed by atoms with Crippen molar-refractivity contribution < 1.29 is 27.8 Å². The van der Waals surface area contributed by atoms with E-state index >= 15 is 0 Å². The molecule has 1 aromatic carbocycles. The number of hydrogen-bond donors (Lipinski definition) is 1. The lowest BCUT2D eigenvalue weighted by Crippen LogP contribution is -2.25. The lowest BCUT2D eigenvalue weighted by atomic mass is 10.2. The van der Waals surface area contributed by atoms with Gasteiger partial charge in [-0.2, -0.15) is 13.2 Å². The summed E-state index contributed by atoms with van der Waals surface area (Å²) in [6.45, 7) is 4.83. The second-order valence-corrected chi connectivity index (χ2v) is 6.88. The monoisotopic (exact) mass is 402 g/mol. The van der Waals surface area contributed by atoms with Crippen molar-refractivity contribution in [2.24, 2.45) is 0 Å². The molecule has 1 aromatic heterocycles. The molecule has 148 valence electrons. The highest BCUT2D eigenvalue weighted by Gasteiger charge is 2.38. The van der Waals surface area contributed by atoms with E-state index in [1.165, 1.54) is 16.3 Å². The van der Waals surface area contributed by atoms with E-state index in [9.17, 15) is 13.2 Å². The minimum atomic E-state index is -5.08. The molecule has 0 saturated carbocycles. The first-order chi connectivity index (χ1) is 12.8. The van der Waals surface area contributed by atoms with Crippen LogP contribution in [0.5, 0.6) is 0 Å². The Hall–Kier alpha value is -1.97. The topological polar surface area (TPSA) is 62.7 Å². The molecule has 0 unspecified atom stereocenters. The van der Waals surface area contributed by atoms with Crippen molar-refractivity contribution in [2.75, 3.05) is 26.3 Å². The number of aromatic nitrogens is 1. The molecule has 0 atom stereocenters. The first-order valence-corrected chi connectivity index (χ1v) is 9.30. The SMILES string of the molecule is O=C(O)C(F)(F)F.c1ccc(Cc2nc(CN3CCCOCC3)cs2)cc1. The number of nitrogens with zero attached hydrogens (tertiary/aromatic N) is 2. The van der Waals surface area contributed by atoms with Crippen molar-refractivity contribution in [3.8, 4) is 0 Å². The number of carbonyl (C=O) groups is 1. The van der Waals surface area contributed by atoms with Crippen LogP contribution in [-0.4, -0.2) is 53.4 Å². The van der Waals surface area contributed by atoms with E-state index in [1.54, 1.807) is 11.3 Å². The van der Waals surface area contributed by atoms with Gasteiger partial charge < -0.3 is 9.84 Å². The van der Waals surface area contributed by atoms with E-state index in [1.807, 2.05) is 0 Å². The molecule has 1 fully saturated rings. The van der Waals surface area contributed by atoms with E-state index in [0.29, 0.717) is 0 Å². The average Bonchev–Trinajstić information content (AvgIpc) is 2.88. The molecule has 0 radical (unpaired) electrons. The van der Waals surface area contributed by atoms with Crippen LogP contribution in [0.2, 0.25) is 0 Å². The van der Waals surface area contributed by atoms with Crippen LogP contribution in [0.15, 0.2) is 35.7 Å².